The number of nitrogens with one attached hydrogen (secondary N) is 1. The molecule has 0 aliphatic heterocycles. The quantitative estimate of drug-likeness (QED) is 0.791. The maximum absolute atomic E-state index is 13.6. The Morgan fingerprint density at radius 2 is 1.84 bits per heavy atom. The number of anilines is 1. The Labute approximate surface area is 143 Å². The number of aryl methyl sites for hydroxylation is 1. The van der Waals surface area contributed by atoms with Gasteiger partial charge in [-0.05, 0) is 30.3 Å². The van der Waals surface area contributed by atoms with Crippen molar-refractivity contribution in [2.45, 2.75) is 0 Å². The number of aromatic nitrogens is 1. The smallest absolute Gasteiger partial charge is 0.256 e. The van der Waals surface area contributed by atoms with Crippen molar-refractivity contribution in [2.75, 3.05) is 5.32 Å². The van der Waals surface area contributed by atoms with E-state index < -0.39 is 11.7 Å². The van der Waals surface area contributed by atoms with E-state index in [4.69, 9.17) is 4.74 Å². The molecule has 0 unspecified atom stereocenters. The monoisotopic (exact) mass is 338 g/mol. The fourth-order valence-electron chi connectivity index (χ4n) is 2.19. The number of amides is 1. The van der Waals surface area contributed by atoms with E-state index in [0.29, 0.717) is 11.5 Å². The summed E-state index contributed by atoms with van der Waals surface area (Å²) in [5.41, 5.74) is 0.0419. The second-order valence-corrected chi connectivity index (χ2v) is 5.37. The Kier molecular flexibility index (Phi) is 4.61. The molecule has 3 rings (SSSR count). The lowest BCUT2D eigenvalue weighted by Gasteiger charge is -2.12. The highest BCUT2D eigenvalue weighted by molar-refractivity contribution is 6.04. The highest BCUT2D eigenvalue weighted by Gasteiger charge is 2.13. The lowest BCUT2D eigenvalue weighted by Crippen LogP contribution is -2.20. The molecule has 6 heteroatoms. The fourth-order valence-corrected chi connectivity index (χ4v) is 2.19. The Balaban J connectivity index is 1.88. The molecular formula is C19H15FN2O3. The number of carbonyl (C=O) groups excluding carboxylic acids is 1. The molecule has 1 N–H and O–H groups in total. The van der Waals surface area contributed by atoms with Crippen LogP contribution < -0.4 is 15.6 Å². The predicted molar refractivity (Wildman–Crippen MR) is 92.6 cm³/mol. The van der Waals surface area contributed by atoms with Gasteiger partial charge < -0.3 is 14.6 Å². The van der Waals surface area contributed by atoms with Crippen LogP contribution in [-0.4, -0.2) is 10.5 Å². The van der Waals surface area contributed by atoms with Crippen LogP contribution in [0.25, 0.3) is 0 Å². The zero-order valence-corrected chi connectivity index (χ0v) is 13.4. The van der Waals surface area contributed by atoms with Crippen LogP contribution in [0.5, 0.6) is 11.5 Å². The number of halogens is 1. The first-order valence-electron chi connectivity index (χ1n) is 7.53. The van der Waals surface area contributed by atoms with Gasteiger partial charge in [-0.1, -0.05) is 18.2 Å². The van der Waals surface area contributed by atoms with Crippen molar-refractivity contribution in [1.82, 2.24) is 4.57 Å². The molecule has 25 heavy (non-hydrogen) atoms. The summed E-state index contributed by atoms with van der Waals surface area (Å²) in [4.78, 5) is 24.0. The van der Waals surface area contributed by atoms with Crippen LogP contribution in [-0.2, 0) is 7.05 Å². The van der Waals surface area contributed by atoms with E-state index in [1.54, 1.807) is 31.3 Å². The highest BCUT2D eigenvalue weighted by atomic mass is 19.1. The molecule has 0 saturated carbocycles. The molecule has 3 aromatic rings. The zero-order chi connectivity index (χ0) is 17.8. The van der Waals surface area contributed by atoms with Gasteiger partial charge in [-0.3, -0.25) is 9.59 Å². The fraction of sp³-hybridized carbons (Fsp3) is 0.0526. The van der Waals surface area contributed by atoms with Crippen LogP contribution in [0.15, 0.2) is 71.7 Å². The zero-order valence-electron chi connectivity index (χ0n) is 13.4. The number of nitrogens with zero attached hydrogens (tertiary/aromatic N) is 1. The van der Waals surface area contributed by atoms with E-state index in [-0.39, 0.29) is 16.8 Å². The van der Waals surface area contributed by atoms with Crippen LogP contribution in [0.4, 0.5) is 10.1 Å². The summed E-state index contributed by atoms with van der Waals surface area (Å²) in [6.07, 6.45) is 1.49. The number of para-hydroxylation sites is 1. The van der Waals surface area contributed by atoms with Crippen molar-refractivity contribution in [3.05, 3.63) is 88.6 Å². The van der Waals surface area contributed by atoms with Crippen molar-refractivity contribution in [3.63, 3.8) is 0 Å². The van der Waals surface area contributed by atoms with Crippen molar-refractivity contribution >= 4 is 11.6 Å². The normalized spacial score (nSPS) is 10.3. The van der Waals surface area contributed by atoms with Crippen LogP contribution in [0, 0.1) is 5.82 Å². The van der Waals surface area contributed by atoms with E-state index in [2.05, 4.69) is 5.32 Å². The molecule has 126 valence electrons. The van der Waals surface area contributed by atoms with Crippen LogP contribution in [0.3, 0.4) is 0 Å². The number of benzene rings is 2. The van der Waals surface area contributed by atoms with Crippen LogP contribution in [0.2, 0.25) is 0 Å². The summed E-state index contributed by atoms with van der Waals surface area (Å²) in [6.45, 7) is 0. The van der Waals surface area contributed by atoms with Gasteiger partial charge in [0.2, 0.25) is 0 Å². The summed E-state index contributed by atoms with van der Waals surface area (Å²) < 4.78 is 20.6. The third-order valence-electron chi connectivity index (χ3n) is 3.53. The van der Waals surface area contributed by atoms with Gasteiger partial charge in [0, 0.05) is 30.9 Å². The topological polar surface area (TPSA) is 60.3 Å². The van der Waals surface area contributed by atoms with Crippen molar-refractivity contribution < 1.29 is 13.9 Å². The third kappa shape index (κ3) is 3.92. The van der Waals surface area contributed by atoms with E-state index in [9.17, 15) is 14.0 Å². The average Bonchev–Trinajstić information content (AvgIpc) is 2.60. The molecule has 0 spiro atoms. The molecule has 0 aliphatic carbocycles. The van der Waals surface area contributed by atoms with Gasteiger partial charge in [0.1, 0.15) is 11.6 Å². The first-order valence-corrected chi connectivity index (χ1v) is 7.53. The summed E-state index contributed by atoms with van der Waals surface area (Å²) in [7, 11) is 1.59. The Bertz CT molecular complexity index is 968. The highest BCUT2D eigenvalue weighted by Crippen LogP contribution is 2.30. The molecule has 0 radical (unpaired) electrons. The molecule has 5 nitrogen and oxygen atoms in total. The Hall–Kier alpha value is -3.41. The number of hydrogen-bond acceptors (Lipinski definition) is 3. The average molecular weight is 338 g/mol. The Morgan fingerprint density at radius 1 is 1.08 bits per heavy atom. The summed E-state index contributed by atoms with van der Waals surface area (Å²) in [5, 5.41) is 2.58. The van der Waals surface area contributed by atoms with Crippen molar-refractivity contribution in [1.29, 1.82) is 0 Å². The molecule has 0 fully saturated rings. The predicted octanol–water partition coefficient (Wildman–Crippen LogP) is 3.57. The summed E-state index contributed by atoms with van der Waals surface area (Å²) >= 11 is 0. The van der Waals surface area contributed by atoms with E-state index in [0.717, 1.165) is 6.07 Å². The summed E-state index contributed by atoms with van der Waals surface area (Å²) in [6, 6.07) is 15.5. The SMILES string of the molecule is Cn1ccc(C(=O)Nc2cc(F)ccc2Oc2ccccc2)cc1=O. The minimum atomic E-state index is -0.527. The van der Waals surface area contributed by atoms with E-state index in [1.807, 2.05) is 6.07 Å². The number of pyridine rings is 1. The van der Waals surface area contributed by atoms with Gasteiger partial charge in [0.25, 0.3) is 11.5 Å². The van der Waals surface area contributed by atoms with Gasteiger partial charge in [-0.25, -0.2) is 4.39 Å². The second-order valence-electron chi connectivity index (χ2n) is 5.37. The summed E-state index contributed by atoms with van der Waals surface area (Å²) in [5.74, 6) is -0.191. The maximum Gasteiger partial charge on any atom is 0.256 e. The largest absolute Gasteiger partial charge is 0.455 e. The lowest BCUT2D eigenvalue weighted by atomic mass is 10.2. The molecule has 0 aliphatic rings. The lowest BCUT2D eigenvalue weighted by molar-refractivity contribution is 0.102. The van der Waals surface area contributed by atoms with E-state index in [1.165, 1.54) is 35.0 Å². The minimum Gasteiger partial charge on any atom is -0.455 e. The minimum absolute atomic E-state index is 0.175. The number of rotatable bonds is 4. The second kappa shape index (κ2) is 7.00. The maximum atomic E-state index is 13.6. The van der Waals surface area contributed by atoms with Crippen LogP contribution in [0.1, 0.15) is 10.4 Å². The molecule has 2 aromatic carbocycles. The molecular weight excluding hydrogens is 323 g/mol. The number of ether oxygens (including phenoxy) is 1. The van der Waals surface area contributed by atoms with Crippen LogP contribution >= 0.6 is 0 Å². The number of carbonyl (C=O) groups is 1. The molecule has 1 heterocycles. The molecule has 0 saturated heterocycles. The molecule has 0 bridgehead atoms. The van der Waals surface area contributed by atoms with Gasteiger partial charge in [0.15, 0.2) is 5.75 Å². The molecule has 1 amide bonds. The van der Waals surface area contributed by atoms with Crippen molar-refractivity contribution in [2.24, 2.45) is 7.05 Å². The third-order valence-corrected chi connectivity index (χ3v) is 3.53. The standard InChI is InChI=1S/C19H15FN2O3/c1-22-10-9-13(11-18(22)23)19(24)21-16-12-14(20)7-8-17(16)25-15-5-3-2-4-6-15/h2-12H,1H3,(H,21,24). The van der Waals surface area contributed by atoms with Crippen molar-refractivity contribution in [3.8, 4) is 11.5 Å². The molecule has 0 atom stereocenters. The molecule has 1 aromatic heterocycles. The van der Waals surface area contributed by atoms with Gasteiger partial charge in [0.05, 0.1) is 5.69 Å². The van der Waals surface area contributed by atoms with Gasteiger partial charge >= 0.3 is 0 Å². The first kappa shape index (κ1) is 16.4. The first-order chi connectivity index (χ1) is 12.0. The number of hydrogen-bond donors (Lipinski definition) is 1. The van der Waals surface area contributed by atoms with Gasteiger partial charge in [-0.2, -0.15) is 0 Å². The van der Waals surface area contributed by atoms with Gasteiger partial charge in [-0.15, -0.1) is 0 Å². The van der Waals surface area contributed by atoms with E-state index >= 15 is 0 Å². The Morgan fingerprint density at radius 3 is 2.56 bits per heavy atom.